The molecular weight excluding hydrogens is 414 g/mol. The van der Waals surface area contributed by atoms with Gasteiger partial charge < -0.3 is 4.90 Å². The fraction of sp³-hybridized carbons (Fsp3) is 0.219. The third-order valence-corrected chi connectivity index (χ3v) is 7.22. The van der Waals surface area contributed by atoms with E-state index in [4.69, 9.17) is 0 Å². The number of carbonyl (C=O) groups is 1. The Hall–Kier alpha value is -3.65. The maximum absolute atomic E-state index is 13.4. The zero-order chi connectivity index (χ0) is 23.5. The second-order valence-electron chi connectivity index (χ2n) is 9.42. The summed E-state index contributed by atoms with van der Waals surface area (Å²) in [5, 5.41) is 0. The minimum absolute atomic E-state index is 0.00708. The molecule has 1 fully saturated rings. The van der Waals surface area contributed by atoms with Gasteiger partial charge in [0, 0.05) is 5.69 Å². The van der Waals surface area contributed by atoms with Crippen LogP contribution in [0.25, 0.3) is 11.1 Å². The topological polar surface area (TPSA) is 20.3 Å². The lowest BCUT2D eigenvalue weighted by molar-refractivity contribution is -0.130. The Bertz CT molecular complexity index is 1250. The Morgan fingerprint density at radius 1 is 0.765 bits per heavy atom. The van der Waals surface area contributed by atoms with Crippen LogP contribution >= 0.6 is 0 Å². The number of benzene rings is 4. The van der Waals surface area contributed by atoms with Gasteiger partial charge in [0.25, 0.3) is 0 Å². The van der Waals surface area contributed by atoms with Crippen molar-refractivity contribution in [2.24, 2.45) is 5.92 Å². The monoisotopic (exact) mass is 445 g/mol. The molecule has 0 aromatic heterocycles. The van der Waals surface area contributed by atoms with Crippen molar-refractivity contribution in [2.75, 3.05) is 4.90 Å². The van der Waals surface area contributed by atoms with Crippen LogP contribution < -0.4 is 4.90 Å². The first-order valence-corrected chi connectivity index (χ1v) is 12.2. The Morgan fingerprint density at radius 3 is 2.03 bits per heavy atom. The lowest BCUT2D eigenvalue weighted by atomic mass is 9.76. The maximum atomic E-state index is 13.4. The predicted molar refractivity (Wildman–Crippen MR) is 141 cm³/mol. The normalized spacial score (nSPS) is 18.4. The number of β-lactam (4-membered cyclic amide) rings is 1. The molecule has 2 heteroatoms. The van der Waals surface area contributed by atoms with E-state index < -0.39 is 0 Å². The predicted octanol–water partition coefficient (Wildman–Crippen LogP) is 7.95. The molecule has 1 saturated heterocycles. The van der Waals surface area contributed by atoms with E-state index in [-0.39, 0.29) is 17.9 Å². The number of anilines is 1. The van der Waals surface area contributed by atoms with E-state index in [1.807, 2.05) is 41.3 Å². The number of hydrogen-bond donors (Lipinski definition) is 0. The molecule has 170 valence electrons. The van der Waals surface area contributed by atoms with Crippen LogP contribution in [0.15, 0.2) is 109 Å². The van der Waals surface area contributed by atoms with Gasteiger partial charge in [0.2, 0.25) is 5.91 Å². The minimum atomic E-state index is 0.00708. The summed E-state index contributed by atoms with van der Waals surface area (Å²) in [5.41, 5.74) is 7.25. The van der Waals surface area contributed by atoms with Crippen LogP contribution in [0.1, 0.15) is 48.4 Å². The number of rotatable bonds is 7. The first-order valence-electron chi connectivity index (χ1n) is 12.2. The Balaban J connectivity index is 1.43. The SMILES string of the molecule is Cc1cc(-c2ccccc2)ccc1C1C(CCC(C)c2ccccc2)C(=O)N1c1ccccc1. The summed E-state index contributed by atoms with van der Waals surface area (Å²) in [6, 6.07) is 38.0. The molecule has 4 aromatic carbocycles. The first-order chi connectivity index (χ1) is 16.6. The van der Waals surface area contributed by atoms with Gasteiger partial charge in [0.05, 0.1) is 12.0 Å². The van der Waals surface area contributed by atoms with Gasteiger partial charge in [-0.3, -0.25) is 4.79 Å². The largest absolute Gasteiger partial charge is 0.304 e. The highest BCUT2D eigenvalue weighted by Crippen LogP contribution is 2.47. The summed E-state index contributed by atoms with van der Waals surface area (Å²) in [7, 11) is 0. The molecule has 3 unspecified atom stereocenters. The highest BCUT2D eigenvalue weighted by molar-refractivity contribution is 6.03. The van der Waals surface area contributed by atoms with E-state index in [0.29, 0.717) is 5.92 Å². The van der Waals surface area contributed by atoms with Gasteiger partial charge in [0.1, 0.15) is 0 Å². The molecule has 0 spiro atoms. The summed E-state index contributed by atoms with van der Waals surface area (Å²) in [6.45, 7) is 4.44. The van der Waals surface area contributed by atoms with E-state index in [0.717, 1.165) is 18.5 Å². The molecule has 1 heterocycles. The Labute approximate surface area is 202 Å². The lowest BCUT2D eigenvalue weighted by Crippen LogP contribution is -2.55. The zero-order valence-corrected chi connectivity index (χ0v) is 19.9. The van der Waals surface area contributed by atoms with Crippen molar-refractivity contribution in [3.63, 3.8) is 0 Å². The Morgan fingerprint density at radius 2 is 1.38 bits per heavy atom. The van der Waals surface area contributed by atoms with E-state index in [1.165, 1.54) is 27.8 Å². The van der Waals surface area contributed by atoms with Crippen LogP contribution in [0.2, 0.25) is 0 Å². The van der Waals surface area contributed by atoms with Crippen LogP contribution in [0.4, 0.5) is 5.69 Å². The standard InChI is InChI=1S/C32H31NO/c1-23(25-12-6-3-7-13-25)18-20-30-31(33(32(30)34)28-16-10-5-11-17-28)29-21-19-27(22-24(29)2)26-14-8-4-9-15-26/h3-17,19,21-23,30-31H,18,20H2,1-2H3. The van der Waals surface area contributed by atoms with Gasteiger partial charge in [-0.2, -0.15) is 0 Å². The van der Waals surface area contributed by atoms with E-state index >= 15 is 0 Å². The number of aryl methyl sites for hydroxylation is 1. The number of carbonyl (C=O) groups excluding carboxylic acids is 1. The van der Waals surface area contributed by atoms with Gasteiger partial charge in [-0.15, -0.1) is 0 Å². The van der Waals surface area contributed by atoms with Crippen LogP contribution in [0.3, 0.4) is 0 Å². The van der Waals surface area contributed by atoms with Crippen molar-refractivity contribution in [3.8, 4) is 11.1 Å². The van der Waals surface area contributed by atoms with Crippen LogP contribution in [0, 0.1) is 12.8 Å². The molecule has 1 aliphatic rings. The zero-order valence-electron chi connectivity index (χ0n) is 19.9. The molecule has 0 saturated carbocycles. The fourth-order valence-electron chi connectivity index (χ4n) is 5.26. The molecule has 1 aliphatic heterocycles. The average molecular weight is 446 g/mol. The molecule has 4 aromatic rings. The highest BCUT2D eigenvalue weighted by Gasteiger charge is 2.48. The van der Waals surface area contributed by atoms with Gasteiger partial charge in [-0.1, -0.05) is 104 Å². The van der Waals surface area contributed by atoms with Crippen molar-refractivity contribution >= 4 is 11.6 Å². The van der Waals surface area contributed by atoms with Gasteiger partial charge >= 0.3 is 0 Å². The minimum Gasteiger partial charge on any atom is -0.304 e. The average Bonchev–Trinajstić information content (AvgIpc) is 2.89. The number of hydrogen-bond acceptors (Lipinski definition) is 1. The molecule has 3 atom stereocenters. The second-order valence-corrected chi connectivity index (χ2v) is 9.42. The van der Waals surface area contributed by atoms with Crippen LogP contribution in [-0.2, 0) is 4.79 Å². The van der Waals surface area contributed by atoms with E-state index in [2.05, 4.69) is 86.6 Å². The van der Waals surface area contributed by atoms with Gasteiger partial charge in [-0.25, -0.2) is 0 Å². The summed E-state index contributed by atoms with van der Waals surface area (Å²) >= 11 is 0. The number of amides is 1. The molecule has 0 bridgehead atoms. The number of para-hydroxylation sites is 1. The summed E-state index contributed by atoms with van der Waals surface area (Å²) in [6.07, 6.45) is 1.89. The third-order valence-electron chi connectivity index (χ3n) is 7.22. The van der Waals surface area contributed by atoms with Gasteiger partial charge in [0.15, 0.2) is 0 Å². The van der Waals surface area contributed by atoms with Crippen molar-refractivity contribution in [1.29, 1.82) is 0 Å². The molecule has 5 rings (SSSR count). The quantitative estimate of drug-likeness (QED) is 0.264. The summed E-state index contributed by atoms with van der Waals surface area (Å²) in [5.74, 6) is 0.678. The summed E-state index contributed by atoms with van der Waals surface area (Å²) in [4.78, 5) is 15.4. The summed E-state index contributed by atoms with van der Waals surface area (Å²) < 4.78 is 0. The number of nitrogens with zero attached hydrogens (tertiary/aromatic N) is 1. The molecular formula is C32H31NO. The van der Waals surface area contributed by atoms with Crippen molar-refractivity contribution < 1.29 is 4.79 Å². The molecule has 0 N–H and O–H groups in total. The van der Waals surface area contributed by atoms with Gasteiger partial charge in [-0.05, 0) is 65.6 Å². The third kappa shape index (κ3) is 4.28. The highest BCUT2D eigenvalue weighted by atomic mass is 16.2. The second kappa shape index (κ2) is 9.69. The van der Waals surface area contributed by atoms with Crippen molar-refractivity contribution in [2.45, 2.75) is 38.6 Å². The fourth-order valence-corrected chi connectivity index (χ4v) is 5.26. The molecule has 34 heavy (non-hydrogen) atoms. The lowest BCUT2D eigenvalue weighted by Gasteiger charge is -2.48. The van der Waals surface area contributed by atoms with Crippen LogP contribution in [-0.4, -0.2) is 5.91 Å². The van der Waals surface area contributed by atoms with Crippen molar-refractivity contribution in [3.05, 3.63) is 126 Å². The van der Waals surface area contributed by atoms with E-state index in [1.54, 1.807) is 0 Å². The first kappa shape index (κ1) is 22.2. The van der Waals surface area contributed by atoms with Crippen molar-refractivity contribution in [1.82, 2.24) is 0 Å². The molecule has 0 radical (unpaired) electrons. The van der Waals surface area contributed by atoms with E-state index in [9.17, 15) is 4.79 Å². The molecule has 2 nitrogen and oxygen atoms in total. The molecule has 0 aliphatic carbocycles. The molecule has 1 amide bonds. The maximum Gasteiger partial charge on any atom is 0.233 e. The smallest absolute Gasteiger partial charge is 0.233 e. The Kier molecular flexibility index (Phi) is 6.31. The van der Waals surface area contributed by atoms with Crippen LogP contribution in [0.5, 0.6) is 0 Å².